The fraction of sp³-hybridized carbons (Fsp3) is 0.154. The lowest BCUT2D eigenvalue weighted by atomic mass is 10.1. The van der Waals surface area contributed by atoms with Gasteiger partial charge in [-0.15, -0.1) is 0 Å². The van der Waals surface area contributed by atoms with Gasteiger partial charge in [-0.2, -0.15) is 0 Å². The van der Waals surface area contributed by atoms with E-state index < -0.39 is 35.1 Å². The van der Waals surface area contributed by atoms with Gasteiger partial charge in [0, 0.05) is 0 Å². The Kier molecular flexibility index (Phi) is 4.23. The maximum atomic E-state index is 13.8. The van der Waals surface area contributed by atoms with Crippen molar-refractivity contribution in [1.82, 2.24) is 0 Å². The lowest BCUT2D eigenvalue weighted by molar-refractivity contribution is 0.167. The van der Waals surface area contributed by atoms with Crippen LogP contribution in [0.15, 0.2) is 22.6 Å². The van der Waals surface area contributed by atoms with Crippen molar-refractivity contribution in [1.29, 1.82) is 0 Å². The maximum Gasteiger partial charge on any atom is 0.414 e. The van der Waals surface area contributed by atoms with Gasteiger partial charge in [0.25, 0.3) is 0 Å². The highest BCUT2D eigenvalue weighted by Gasteiger charge is 2.26. The summed E-state index contributed by atoms with van der Waals surface area (Å²) in [6.07, 6.45) is -0.896. The Bertz CT molecular complexity index is 665. The maximum absolute atomic E-state index is 13.8. The van der Waals surface area contributed by atoms with Crippen LogP contribution >= 0.6 is 11.6 Å². The molecule has 21 heavy (non-hydrogen) atoms. The summed E-state index contributed by atoms with van der Waals surface area (Å²) in [5.74, 6) is -3.12. The number of ether oxygens (including phenoxy) is 1. The van der Waals surface area contributed by atoms with E-state index in [4.69, 9.17) is 16.0 Å². The molecular weight excluding hydrogens is 305 g/mol. The van der Waals surface area contributed by atoms with Crippen molar-refractivity contribution < 1.29 is 28.6 Å². The van der Waals surface area contributed by atoms with Crippen LogP contribution in [0.4, 0.5) is 15.1 Å². The Balaban J connectivity index is 2.45. The second-order valence-electron chi connectivity index (χ2n) is 3.90. The molecule has 0 atom stereocenters. The molecule has 2 aromatic rings. The van der Waals surface area contributed by atoms with Gasteiger partial charge in [0.2, 0.25) is 17.4 Å². The molecule has 0 aliphatic heterocycles. The first kappa shape index (κ1) is 15.0. The van der Waals surface area contributed by atoms with E-state index in [1.807, 2.05) is 0 Å². The predicted molar refractivity (Wildman–Crippen MR) is 73.1 cm³/mol. The molecule has 0 spiro atoms. The van der Waals surface area contributed by atoms with Gasteiger partial charge >= 0.3 is 6.09 Å². The molecular formula is C13H11ClFNO5. The van der Waals surface area contributed by atoms with Crippen LogP contribution in [0.3, 0.4) is 0 Å². The number of aromatic hydroxyl groups is 2. The van der Waals surface area contributed by atoms with Crippen molar-refractivity contribution in [3.8, 4) is 22.8 Å². The van der Waals surface area contributed by atoms with E-state index in [-0.39, 0.29) is 17.2 Å². The predicted octanol–water partition coefficient (Wildman–Crippen LogP) is 3.72. The number of benzene rings is 1. The molecule has 0 radical (unpaired) electrons. The van der Waals surface area contributed by atoms with Crippen molar-refractivity contribution in [2.75, 3.05) is 11.9 Å². The van der Waals surface area contributed by atoms with Crippen LogP contribution < -0.4 is 5.32 Å². The van der Waals surface area contributed by atoms with Crippen LogP contribution in [-0.2, 0) is 4.74 Å². The summed E-state index contributed by atoms with van der Waals surface area (Å²) < 4.78 is 23.5. The number of amides is 1. The third-order valence-corrected chi connectivity index (χ3v) is 2.85. The van der Waals surface area contributed by atoms with E-state index in [1.54, 1.807) is 6.92 Å². The highest BCUT2D eigenvalue weighted by molar-refractivity contribution is 6.33. The first-order valence-corrected chi connectivity index (χ1v) is 6.26. The fourth-order valence-electron chi connectivity index (χ4n) is 1.64. The zero-order valence-electron chi connectivity index (χ0n) is 10.8. The Hall–Kier alpha value is -2.41. The molecule has 0 aliphatic rings. The first-order valence-electron chi connectivity index (χ1n) is 5.88. The second-order valence-corrected chi connectivity index (χ2v) is 4.31. The third-order valence-electron chi connectivity index (χ3n) is 2.54. The van der Waals surface area contributed by atoms with Gasteiger partial charge in [-0.05, 0) is 19.1 Å². The molecule has 0 bridgehead atoms. The number of carbonyl (C=O) groups is 1. The van der Waals surface area contributed by atoms with Crippen LogP contribution in [0.1, 0.15) is 6.92 Å². The molecule has 112 valence electrons. The molecule has 1 amide bonds. The molecule has 1 heterocycles. The number of carbonyl (C=O) groups excluding carboxylic acids is 1. The van der Waals surface area contributed by atoms with Gasteiger partial charge < -0.3 is 19.4 Å². The molecule has 0 unspecified atom stereocenters. The van der Waals surface area contributed by atoms with Gasteiger partial charge in [0.05, 0.1) is 17.2 Å². The summed E-state index contributed by atoms with van der Waals surface area (Å²) in [6, 6.07) is 3.87. The average Bonchev–Trinajstić information content (AvgIpc) is 2.68. The van der Waals surface area contributed by atoms with Crippen LogP contribution in [0, 0.1) is 5.82 Å². The van der Waals surface area contributed by atoms with E-state index in [1.165, 1.54) is 12.1 Å². The van der Waals surface area contributed by atoms with Gasteiger partial charge in [0.1, 0.15) is 5.82 Å². The number of nitrogens with one attached hydrogen (secondary N) is 1. The van der Waals surface area contributed by atoms with Crippen molar-refractivity contribution >= 4 is 23.6 Å². The van der Waals surface area contributed by atoms with E-state index in [0.717, 1.165) is 6.07 Å². The Morgan fingerprint density at radius 3 is 2.76 bits per heavy atom. The summed E-state index contributed by atoms with van der Waals surface area (Å²) in [7, 11) is 0. The third kappa shape index (κ3) is 2.87. The summed E-state index contributed by atoms with van der Waals surface area (Å²) in [5.41, 5.74) is -0.233. The zero-order valence-corrected chi connectivity index (χ0v) is 11.6. The smallest absolute Gasteiger partial charge is 0.414 e. The Morgan fingerprint density at radius 2 is 2.14 bits per heavy atom. The minimum Gasteiger partial charge on any atom is -0.502 e. The minimum atomic E-state index is -0.896. The first-order chi connectivity index (χ1) is 9.95. The monoisotopic (exact) mass is 315 g/mol. The van der Waals surface area contributed by atoms with Gasteiger partial charge in [-0.25, -0.2) is 9.18 Å². The van der Waals surface area contributed by atoms with E-state index in [2.05, 4.69) is 10.1 Å². The lowest BCUT2D eigenvalue weighted by Gasteiger charge is -2.03. The molecule has 6 nitrogen and oxygen atoms in total. The number of furan rings is 1. The van der Waals surface area contributed by atoms with Crippen LogP contribution in [0.2, 0.25) is 5.02 Å². The highest BCUT2D eigenvalue weighted by atomic mass is 35.5. The van der Waals surface area contributed by atoms with Crippen molar-refractivity contribution in [2.45, 2.75) is 6.92 Å². The van der Waals surface area contributed by atoms with Crippen LogP contribution in [-0.4, -0.2) is 22.9 Å². The summed E-state index contributed by atoms with van der Waals surface area (Å²) >= 11 is 5.85. The van der Waals surface area contributed by atoms with Crippen molar-refractivity contribution in [2.24, 2.45) is 0 Å². The van der Waals surface area contributed by atoms with E-state index in [9.17, 15) is 19.4 Å². The number of anilines is 1. The molecule has 0 aliphatic carbocycles. The summed E-state index contributed by atoms with van der Waals surface area (Å²) in [5, 5.41) is 21.6. The fourth-order valence-corrected chi connectivity index (χ4v) is 1.89. The highest BCUT2D eigenvalue weighted by Crippen LogP contribution is 2.47. The van der Waals surface area contributed by atoms with Gasteiger partial charge in [-0.1, -0.05) is 17.7 Å². The van der Waals surface area contributed by atoms with E-state index in [0.29, 0.717) is 0 Å². The number of halogens is 2. The van der Waals surface area contributed by atoms with Crippen LogP contribution in [0.25, 0.3) is 11.3 Å². The molecule has 3 N–H and O–H groups in total. The number of hydrogen-bond acceptors (Lipinski definition) is 5. The second kappa shape index (κ2) is 5.92. The molecule has 1 aromatic carbocycles. The van der Waals surface area contributed by atoms with Gasteiger partial charge in [0.15, 0.2) is 5.76 Å². The molecule has 2 rings (SSSR count). The van der Waals surface area contributed by atoms with Crippen molar-refractivity contribution in [3.63, 3.8) is 0 Å². The Labute approximate surface area is 123 Å². The lowest BCUT2D eigenvalue weighted by Crippen LogP contribution is -2.12. The summed E-state index contributed by atoms with van der Waals surface area (Å²) in [6.45, 7) is 1.69. The zero-order chi connectivity index (χ0) is 15.6. The normalized spacial score (nSPS) is 10.4. The van der Waals surface area contributed by atoms with Gasteiger partial charge in [-0.3, -0.25) is 5.32 Å². The topological polar surface area (TPSA) is 91.9 Å². The number of hydrogen-bond donors (Lipinski definition) is 3. The minimum absolute atomic E-state index is 0.0262. The SMILES string of the molecule is CCOC(=O)Nc1oc(-c2c(F)cccc2Cl)c(O)c1O. The number of rotatable bonds is 3. The largest absolute Gasteiger partial charge is 0.502 e. The molecule has 0 saturated heterocycles. The molecule has 1 aromatic heterocycles. The molecule has 0 saturated carbocycles. The van der Waals surface area contributed by atoms with Crippen LogP contribution in [0.5, 0.6) is 11.5 Å². The standard InChI is InChI=1S/C13H11ClFNO5/c1-2-20-13(19)16-12-10(18)9(17)11(21-12)8-6(14)4-3-5-7(8)15/h3-5,17-18H,2H2,1H3,(H,16,19). The Morgan fingerprint density at radius 1 is 1.43 bits per heavy atom. The average molecular weight is 316 g/mol. The molecule has 8 heteroatoms. The molecule has 0 fully saturated rings. The quantitative estimate of drug-likeness (QED) is 0.803. The van der Waals surface area contributed by atoms with E-state index >= 15 is 0 Å². The summed E-state index contributed by atoms with van der Waals surface area (Å²) in [4.78, 5) is 11.3. The van der Waals surface area contributed by atoms with Crippen molar-refractivity contribution in [3.05, 3.63) is 29.0 Å².